The highest BCUT2D eigenvalue weighted by atomic mass is 19.1. The lowest BCUT2D eigenvalue weighted by molar-refractivity contribution is 0.349. The highest BCUT2D eigenvalue weighted by Gasteiger charge is 2.14. The van der Waals surface area contributed by atoms with Gasteiger partial charge in [0.15, 0.2) is 5.82 Å². The predicted octanol–water partition coefficient (Wildman–Crippen LogP) is 2.85. The molecule has 0 radical (unpaired) electrons. The smallest absolute Gasteiger partial charge is 0.222 e. The quantitative estimate of drug-likeness (QED) is 0.829. The molecule has 0 spiro atoms. The molecule has 0 aliphatic heterocycles. The molecule has 0 amide bonds. The number of aliphatic hydroxyl groups is 1. The Morgan fingerprint density at radius 3 is 2.86 bits per heavy atom. The average Bonchev–Trinajstić information content (AvgIpc) is 2.44. The molecule has 2 rings (SSSR count). The van der Waals surface area contributed by atoms with Crippen LogP contribution in [0.25, 0.3) is 10.9 Å². The highest BCUT2D eigenvalue weighted by Crippen LogP contribution is 2.27. The molecule has 3 N–H and O–H groups in total. The molecule has 6 heteroatoms. The topological polar surface area (TPSA) is 84.4 Å². The number of nitrogens with zero attached hydrogens (tertiary/aromatic N) is 3. The fourth-order valence-corrected chi connectivity index (χ4v) is 2.26. The molecule has 0 aliphatic rings. The largest absolute Gasteiger partial charge is 0.390 e. The lowest BCUT2D eigenvalue weighted by Crippen LogP contribution is -2.15. The first-order chi connectivity index (χ1) is 10.1. The first-order valence-electron chi connectivity index (χ1n) is 6.96. The van der Waals surface area contributed by atoms with Crippen LogP contribution in [0.15, 0.2) is 23.2 Å². The SMILES string of the molecule is CCC[C@H](C)/C(CO)=N\c1nc(N)nc2cccc(F)c12. The molecule has 21 heavy (non-hydrogen) atoms. The van der Waals surface area contributed by atoms with Crippen molar-refractivity contribution in [3.63, 3.8) is 0 Å². The molecular formula is C15H19FN4O. The summed E-state index contributed by atoms with van der Waals surface area (Å²) in [5.74, 6) is -0.153. The van der Waals surface area contributed by atoms with E-state index in [2.05, 4.69) is 21.9 Å². The van der Waals surface area contributed by atoms with Gasteiger partial charge in [-0.05, 0) is 24.5 Å². The molecule has 1 aromatic carbocycles. The fourth-order valence-electron chi connectivity index (χ4n) is 2.26. The van der Waals surface area contributed by atoms with E-state index < -0.39 is 5.82 Å². The van der Waals surface area contributed by atoms with E-state index in [9.17, 15) is 9.50 Å². The van der Waals surface area contributed by atoms with E-state index >= 15 is 0 Å². The molecule has 0 saturated heterocycles. The lowest BCUT2D eigenvalue weighted by atomic mass is 10.0. The number of aromatic nitrogens is 2. The van der Waals surface area contributed by atoms with Crippen molar-refractivity contribution in [2.24, 2.45) is 10.9 Å². The third-order valence-corrected chi connectivity index (χ3v) is 3.37. The van der Waals surface area contributed by atoms with Crippen molar-refractivity contribution in [3.05, 3.63) is 24.0 Å². The van der Waals surface area contributed by atoms with Crippen LogP contribution in [0.2, 0.25) is 0 Å². The second kappa shape index (κ2) is 6.58. The van der Waals surface area contributed by atoms with Crippen LogP contribution >= 0.6 is 0 Å². The summed E-state index contributed by atoms with van der Waals surface area (Å²) in [5.41, 5.74) is 6.62. The normalized spacial score (nSPS) is 13.6. The molecule has 2 aromatic rings. The van der Waals surface area contributed by atoms with Gasteiger partial charge in [0.05, 0.1) is 17.5 Å². The number of nitrogens with two attached hydrogens (primary N) is 1. The zero-order chi connectivity index (χ0) is 15.4. The second-order valence-electron chi connectivity index (χ2n) is 4.99. The number of anilines is 1. The van der Waals surface area contributed by atoms with Gasteiger partial charge in [-0.1, -0.05) is 26.3 Å². The number of aliphatic hydroxyl groups excluding tert-OH is 1. The molecule has 0 unspecified atom stereocenters. The zero-order valence-corrected chi connectivity index (χ0v) is 12.2. The molecule has 112 valence electrons. The monoisotopic (exact) mass is 290 g/mol. The summed E-state index contributed by atoms with van der Waals surface area (Å²) in [7, 11) is 0. The van der Waals surface area contributed by atoms with Crippen LogP contribution in [-0.4, -0.2) is 27.4 Å². The van der Waals surface area contributed by atoms with E-state index in [-0.39, 0.29) is 29.7 Å². The molecule has 1 aromatic heterocycles. The summed E-state index contributed by atoms with van der Waals surface area (Å²) in [6, 6.07) is 4.54. The van der Waals surface area contributed by atoms with E-state index in [1.165, 1.54) is 6.07 Å². The number of benzene rings is 1. The van der Waals surface area contributed by atoms with E-state index in [1.807, 2.05) is 6.92 Å². The van der Waals surface area contributed by atoms with Crippen LogP contribution in [-0.2, 0) is 0 Å². The van der Waals surface area contributed by atoms with E-state index in [0.29, 0.717) is 11.2 Å². The minimum atomic E-state index is -0.452. The van der Waals surface area contributed by atoms with E-state index in [1.54, 1.807) is 12.1 Å². The van der Waals surface area contributed by atoms with Crippen molar-refractivity contribution >= 4 is 28.4 Å². The summed E-state index contributed by atoms with van der Waals surface area (Å²) >= 11 is 0. The predicted molar refractivity (Wildman–Crippen MR) is 82.2 cm³/mol. The van der Waals surface area contributed by atoms with Gasteiger partial charge in [0.25, 0.3) is 0 Å². The van der Waals surface area contributed by atoms with Gasteiger partial charge in [-0.15, -0.1) is 0 Å². The average molecular weight is 290 g/mol. The summed E-state index contributed by atoms with van der Waals surface area (Å²) in [6.07, 6.45) is 1.86. The van der Waals surface area contributed by atoms with Crippen LogP contribution in [0.1, 0.15) is 26.7 Å². The van der Waals surface area contributed by atoms with Crippen molar-refractivity contribution < 1.29 is 9.50 Å². The number of aliphatic imine (C=N–C) groups is 1. The number of rotatable bonds is 5. The zero-order valence-electron chi connectivity index (χ0n) is 12.2. The van der Waals surface area contributed by atoms with Gasteiger partial charge in [-0.25, -0.2) is 14.4 Å². The number of hydrogen-bond acceptors (Lipinski definition) is 5. The second-order valence-corrected chi connectivity index (χ2v) is 4.99. The van der Waals surface area contributed by atoms with Gasteiger partial charge < -0.3 is 10.8 Å². The Hall–Kier alpha value is -2.08. The summed E-state index contributed by atoms with van der Waals surface area (Å²) < 4.78 is 14.0. The fraction of sp³-hybridized carbons (Fsp3) is 0.400. The van der Waals surface area contributed by atoms with Crippen molar-refractivity contribution in [2.45, 2.75) is 26.7 Å². The Labute approximate surface area is 122 Å². The number of nitrogen functional groups attached to an aromatic ring is 1. The van der Waals surface area contributed by atoms with Gasteiger partial charge in [-0.2, -0.15) is 4.98 Å². The standard InChI is InChI=1S/C15H19FN4O/c1-3-5-9(2)12(8-21)18-14-13-10(16)6-4-7-11(13)19-15(17)20-14/h4,6-7,9,21H,3,5,8H2,1-2H3,(H2,17,19,20)/b18-12-/t9-/m0/s1. The Morgan fingerprint density at radius 2 is 2.19 bits per heavy atom. The summed E-state index contributed by atoms with van der Waals surface area (Å²) in [4.78, 5) is 12.4. The van der Waals surface area contributed by atoms with Crippen LogP contribution in [0.5, 0.6) is 0 Å². The Morgan fingerprint density at radius 1 is 1.43 bits per heavy atom. The number of fused-ring (bicyclic) bond motifs is 1. The van der Waals surface area contributed by atoms with Crippen LogP contribution < -0.4 is 5.73 Å². The van der Waals surface area contributed by atoms with Crippen LogP contribution in [0.4, 0.5) is 16.2 Å². The van der Waals surface area contributed by atoms with Crippen LogP contribution in [0, 0.1) is 11.7 Å². The number of halogens is 1. The highest BCUT2D eigenvalue weighted by molar-refractivity contribution is 5.95. The molecule has 0 saturated carbocycles. The lowest BCUT2D eigenvalue weighted by Gasteiger charge is -2.12. The molecule has 0 fully saturated rings. The molecule has 0 bridgehead atoms. The third kappa shape index (κ3) is 3.33. The molecule has 0 aliphatic carbocycles. The van der Waals surface area contributed by atoms with Gasteiger partial charge >= 0.3 is 0 Å². The first-order valence-corrected chi connectivity index (χ1v) is 6.96. The summed E-state index contributed by atoms with van der Waals surface area (Å²) in [6.45, 7) is 3.84. The molecule has 1 atom stereocenters. The maximum absolute atomic E-state index is 14.0. The Bertz CT molecular complexity index is 672. The van der Waals surface area contributed by atoms with Gasteiger partial charge in [0.2, 0.25) is 5.95 Å². The Kier molecular flexibility index (Phi) is 4.80. The van der Waals surface area contributed by atoms with E-state index in [0.717, 1.165) is 12.8 Å². The minimum Gasteiger partial charge on any atom is -0.390 e. The Balaban J connectivity index is 2.59. The van der Waals surface area contributed by atoms with Gasteiger partial charge in [-0.3, -0.25) is 0 Å². The van der Waals surface area contributed by atoms with Crippen LogP contribution in [0.3, 0.4) is 0 Å². The van der Waals surface area contributed by atoms with Crippen molar-refractivity contribution in [1.29, 1.82) is 0 Å². The first kappa shape index (κ1) is 15.3. The summed E-state index contributed by atoms with van der Waals surface area (Å²) in [5, 5.41) is 9.72. The number of hydrogen-bond donors (Lipinski definition) is 2. The minimum absolute atomic E-state index is 0.0345. The molecule has 1 heterocycles. The third-order valence-electron chi connectivity index (χ3n) is 3.37. The van der Waals surface area contributed by atoms with Crippen molar-refractivity contribution in [1.82, 2.24) is 9.97 Å². The maximum atomic E-state index is 14.0. The van der Waals surface area contributed by atoms with Gasteiger partial charge in [0.1, 0.15) is 5.82 Å². The van der Waals surface area contributed by atoms with Crippen molar-refractivity contribution in [2.75, 3.05) is 12.3 Å². The van der Waals surface area contributed by atoms with E-state index in [4.69, 9.17) is 5.73 Å². The van der Waals surface area contributed by atoms with Crippen molar-refractivity contribution in [3.8, 4) is 0 Å². The maximum Gasteiger partial charge on any atom is 0.222 e. The molecular weight excluding hydrogens is 271 g/mol. The molecule has 5 nitrogen and oxygen atoms in total. The van der Waals surface area contributed by atoms with Gasteiger partial charge in [0, 0.05) is 5.71 Å².